The summed E-state index contributed by atoms with van der Waals surface area (Å²) in [6.07, 6.45) is 0. The summed E-state index contributed by atoms with van der Waals surface area (Å²) in [7, 11) is 0. The van der Waals surface area contributed by atoms with E-state index in [9.17, 15) is 14.7 Å². The van der Waals surface area contributed by atoms with Gasteiger partial charge in [-0.05, 0) is 36.1 Å². The maximum Gasteiger partial charge on any atom is 0.342 e. The van der Waals surface area contributed by atoms with E-state index in [1.54, 1.807) is 36.4 Å². The van der Waals surface area contributed by atoms with Gasteiger partial charge in [0.15, 0.2) is 6.61 Å². The number of ether oxygens (including phenoxy) is 1. The van der Waals surface area contributed by atoms with Gasteiger partial charge < -0.3 is 15.2 Å². The molecule has 132 valence electrons. The van der Waals surface area contributed by atoms with E-state index in [4.69, 9.17) is 16.3 Å². The van der Waals surface area contributed by atoms with Gasteiger partial charge in [-0.3, -0.25) is 4.79 Å². The Morgan fingerprint density at radius 2 is 1.88 bits per heavy atom. The number of fused-ring (bicyclic) bond motifs is 1. The first-order valence-corrected chi connectivity index (χ1v) is 8.27. The zero-order chi connectivity index (χ0) is 18.7. The Kier molecular flexibility index (Phi) is 5.09. The number of nitrogens with one attached hydrogen (secondary N) is 1. The number of anilines is 1. The van der Waals surface area contributed by atoms with E-state index in [2.05, 4.69) is 5.32 Å². The van der Waals surface area contributed by atoms with Gasteiger partial charge in [0.25, 0.3) is 5.91 Å². The van der Waals surface area contributed by atoms with Gasteiger partial charge in [0, 0.05) is 16.1 Å². The molecule has 2 N–H and O–H groups in total. The van der Waals surface area contributed by atoms with E-state index in [-0.39, 0.29) is 11.3 Å². The predicted molar refractivity (Wildman–Crippen MR) is 101 cm³/mol. The first-order chi connectivity index (χ1) is 12.5. The quantitative estimate of drug-likeness (QED) is 0.672. The van der Waals surface area contributed by atoms with Crippen molar-refractivity contribution in [2.24, 2.45) is 0 Å². The first-order valence-electron chi connectivity index (χ1n) is 7.89. The second kappa shape index (κ2) is 7.45. The van der Waals surface area contributed by atoms with Crippen molar-refractivity contribution in [1.82, 2.24) is 0 Å². The molecule has 0 unspecified atom stereocenters. The molecule has 3 aromatic carbocycles. The molecule has 0 aromatic heterocycles. The van der Waals surface area contributed by atoms with Crippen LogP contribution in [0, 0.1) is 6.92 Å². The number of benzene rings is 3. The summed E-state index contributed by atoms with van der Waals surface area (Å²) >= 11 is 5.91. The van der Waals surface area contributed by atoms with E-state index in [0.717, 1.165) is 10.9 Å². The molecule has 0 fully saturated rings. The fraction of sp³-hybridized carbons (Fsp3) is 0.100. The molecule has 5 nitrogen and oxygen atoms in total. The van der Waals surface area contributed by atoms with Crippen molar-refractivity contribution in [3.63, 3.8) is 0 Å². The van der Waals surface area contributed by atoms with Crippen molar-refractivity contribution in [3.05, 3.63) is 70.7 Å². The van der Waals surface area contributed by atoms with Crippen LogP contribution in [0.15, 0.2) is 54.6 Å². The van der Waals surface area contributed by atoms with Gasteiger partial charge in [-0.1, -0.05) is 48.0 Å². The number of aryl methyl sites for hydroxylation is 1. The van der Waals surface area contributed by atoms with Crippen LogP contribution in [0.1, 0.15) is 15.9 Å². The lowest BCUT2D eigenvalue weighted by atomic mass is 10.1. The molecule has 0 spiro atoms. The Labute approximate surface area is 155 Å². The van der Waals surface area contributed by atoms with Crippen LogP contribution >= 0.6 is 11.6 Å². The fourth-order valence-corrected chi connectivity index (χ4v) is 2.72. The highest BCUT2D eigenvalue weighted by molar-refractivity contribution is 6.31. The normalized spacial score (nSPS) is 10.5. The van der Waals surface area contributed by atoms with Gasteiger partial charge in [-0.2, -0.15) is 0 Å². The van der Waals surface area contributed by atoms with E-state index in [1.807, 2.05) is 19.1 Å². The third kappa shape index (κ3) is 3.78. The molecule has 3 aromatic rings. The van der Waals surface area contributed by atoms with Gasteiger partial charge in [-0.15, -0.1) is 0 Å². The molecule has 0 saturated heterocycles. The van der Waals surface area contributed by atoms with Crippen molar-refractivity contribution in [2.45, 2.75) is 6.92 Å². The maximum atomic E-state index is 12.2. The second-order valence-corrected chi connectivity index (χ2v) is 6.20. The smallest absolute Gasteiger partial charge is 0.342 e. The number of phenols is 1. The lowest BCUT2D eigenvalue weighted by molar-refractivity contribution is -0.119. The third-order valence-electron chi connectivity index (χ3n) is 3.93. The molecule has 0 aliphatic heterocycles. The number of carbonyl (C=O) groups is 2. The number of carbonyl (C=O) groups excluding carboxylic acids is 2. The molecule has 26 heavy (non-hydrogen) atoms. The van der Waals surface area contributed by atoms with Crippen LogP contribution in [0.2, 0.25) is 5.02 Å². The minimum absolute atomic E-state index is 0.00966. The molecule has 0 aliphatic carbocycles. The van der Waals surface area contributed by atoms with Gasteiger partial charge in [-0.25, -0.2) is 4.79 Å². The number of esters is 1. The summed E-state index contributed by atoms with van der Waals surface area (Å²) in [6.45, 7) is 1.35. The zero-order valence-corrected chi connectivity index (χ0v) is 14.7. The van der Waals surface area contributed by atoms with Gasteiger partial charge in [0.05, 0.1) is 0 Å². The Bertz CT molecular complexity index is 1000. The molecular formula is C20H16ClNO4. The van der Waals surface area contributed by atoms with Crippen molar-refractivity contribution in [2.75, 3.05) is 11.9 Å². The molecule has 0 radical (unpaired) electrons. The molecule has 3 rings (SSSR count). The van der Waals surface area contributed by atoms with Crippen molar-refractivity contribution in [1.29, 1.82) is 0 Å². The molecule has 0 aliphatic rings. The Morgan fingerprint density at radius 3 is 2.69 bits per heavy atom. The lowest BCUT2D eigenvalue weighted by Gasteiger charge is -2.10. The Hall–Kier alpha value is -3.05. The highest BCUT2D eigenvalue weighted by Gasteiger charge is 2.16. The molecule has 0 heterocycles. The highest BCUT2D eigenvalue weighted by atomic mass is 35.5. The number of hydrogen-bond donors (Lipinski definition) is 2. The zero-order valence-electron chi connectivity index (χ0n) is 14.0. The number of hydrogen-bond acceptors (Lipinski definition) is 4. The first kappa shape index (κ1) is 17.8. The van der Waals surface area contributed by atoms with E-state index >= 15 is 0 Å². The van der Waals surface area contributed by atoms with Crippen molar-refractivity contribution >= 4 is 39.9 Å². The Morgan fingerprint density at radius 1 is 1.12 bits per heavy atom. The SMILES string of the molecule is Cc1ccc(Cl)cc1NC(=O)COC(=O)c1ccc2ccccc2c1O. The predicted octanol–water partition coefficient (Wildman–Crippen LogP) is 4.30. The number of aromatic hydroxyl groups is 1. The molecule has 0 saturated carbocycles. The Balaban J connectivity index is 1.68. The van der Waals surface area contributed by atoms with E-state index in [0.29, 0.717) is 16.1 Å². The summed E-state index contributed by atoms with van der Waals surface area (Å²) in [6, 6.07) is 15.4. The van der Waals surface area contributed by atoms with Crippen LogP contribution in [0.5, 0.6) is 5.75 Å². The van der Waals surface area contributed by atoms with Crippen LogP contribution in [0.25, 0.3) is 10.8 Å². The number of phenolic OH excluding ortho intramolecular Hbond substituents is 1. The van der Waals surface area contributed by atoms with Crippen molar-refractivity contribution < 1.29 is 19.4 Å². The minimum atomic E-state index is -0.772. The summed E-state index contributed by atoms with van der Waals surface area (Å²) in [5, 5.41) is 14.7. The summed E-state index contributed by atoms with van der Waals surface area (Å²) in [4.78, 5) is 24.2. The molecule has 6 heteroatoms. The van der Waals surface area contributed by atoms with Crippen molar-refractivity contribution in [3.8, 4) is 5.75 Å². The number of rotatable bonds is 4. The van der Waals surface area contributed by atoms with E-state index < -0.39 is 18.5 Å². The van der Waals surface area contributed by atoms with E-state index in [1.165, 1.54) is 6.07 Å². The average Bonchev–Trinajstić information content (AvgIpc) is 2.63. The van der Waals surface area contributed by atoms with Crippen LogP contribution in [-0.4, -0.2) is 23.6 Å². The maximum absolute atomic E-state index is 12.2. The summed E-state index contributed by atoms with van der Waals surface area (Å²) in [5.74, 6) is -1.44. The van der Waals surface area contributed by atoms with Crippen LogP contribution in [0.4, 0.5) is 5.69 Å². The topological polar surface area (TPSA) is 75.6 Å². The number of amides is 1. The molecule has 0 atom stereocenters. The summed E-state index contributed by atoms with van der Waals surface area (Å²) < 4.78 is 5.02. The van der Waals surface area contributed by atoms with Crippen LogP contribution < -0.4 is 5.32 Å². The minimum Gasteiger partial charge on any atom is -0.506 e. The van der Waals surface area contributed by atoms with Gasteiger partial charge >= 0.3 is 5.97 Å². The third-order valence-corrected chi connectivity index (χ3v) is 4.16. The average molecular weight is 370 g/mol. The van der Waals surface area contributed by atoms with Gasteiger partial charge in [0.2, 0.25) is 0 Å². The lowest BCUT2D eigenvalue weighted by Crippen LogP contribution is -2.21. The monoisotopic (exact) mass is 369 g/mol. The summed E-state index contributed by atoms with van der Waals surface area (Å²) in [5.41, 5.74) is 1.39. The second-order valence-electron chi connectivity index (χ2n) is 5.77. The van der Waals surface area contributed by atoms with Crippen LogP contribution in [0.3, 0.4) is 0 Å². The molecule has 0 bridgehead atoms. The molecular weight excluding hydrogens is 354 g/mol. The standard InChI is InChI=1S/C20H16ClNO4/c1-12-6-8-14(21)10-17(12)22-18(23)11-26-20(25)16-9-7-13-4-2-3-5-15(13)19(16)24/h2-10,24H,11H2,1H3,(H,22,23). The fourth-order valence-electron chi connectivity index (χ4n) is 2.54. The molecule has 1 amide bonds. The largest absolute Gasteiger partial charge is 0.506 e. The highest BCUT2D eigenvalue weighted by Crippen LogP contribution is 2.29. The number of halogens is 1. The van der Waals surface area contributed by atoms with Gasteiger partial charge in [0.1, 0.15) is 11.3 Å². The van der Waals surface area contributed by atoms with Crippen LogP contribution in [-0.2, 0) is 9.53 Å².